The molecule has 1 amide bonds. The number of thiazole rings is 1. The van der Waals surface area contributed by atoms with Gasteiger partial charge in [-0.2, -0.15) is 5.26 Å². The van der Waals surface area contributed by atoms with Gasteiger partial charge in [-0.3, -0.25) is 9.69 Å². The maximum atomic E-state index is 11.9. The number of rotatable bonds is 4. The summed E-state index contributed by atoms with van der Waals surface area (Å²) in [6.07, 6.45) is 1.79. The molecular weight excluding hydrogens is 292 g/mol. The van der Waals surface area contributed by atoms with E-state index < -0.39 is 5.97 Å². The van der Waals surface area contributed by atoms with E-state index in [-0.39, 0.29) is 23.2 Å². The van der Waals surface area contributed by atoms with Crippen molar-refractivity contribution in [3.05, 3.63) is 10.6 Å². The highest BCUT2D eigenvalue weighted by molar-refractivity contribution is 7.17. The summed E-state index contributed by atoms with van der Waals surface area (Å²) in [6, 6.07) is 2.23. The van der Waals surface area contributed by atoms with E-state index in [4.69, 9.17) is 10.4 Å². The zero-order valence-corrected chi connectivity index (χ0v) is 12.4. The van der Waals surface area contributed by atoms with Gasteiger partial charge in [-0.15, -0.1) is 0 Å². The predicted molar refractivity (Wildman–Crippen MR) is 77.2 cm³/mol. The average Bonchev–Trinajstić information content (AvgIpc) is 2.79. The molecule has 1 saturated heterocycles. The number of amides is 1. The van der Waals surface area contributed by atoms with Crippen LogP contribution in [0.3, 0.4) is 0 Å². The molecule has 2 rings (SSSR count). The molecule has 112 valence electrons. The largest absolute Gasteiger partial charge is 0.477 e. The molecule has 1 fully saturated rings. The van der Waals surface area contributed by atoms with Crippen LogP contribution < -0.4 is 5.32 Å². The number of nitrogens with zero attached hydrogens (tertiary/aromatic N) is 3. The first kappa shape index (κ1) is 15.4. The van der Waals surface area contributed by atoms with Crippen molar-refractivity contribution in [3.8, 4) is 6.07 Å². The van der Waals surface area contributed by atoms with Crippen molar-refractivity contribution in [2.24, 2.45) is 5.92 Å². The number of aromatic carboxylic acids is 1. The fourth-order valence-corrected chi connectivity index (χ4v) is 3.14. The summed E-state index contributed by atoms with van der Waals surface area (Å²) in [4.78, 5) is 29.0. The standard InChI is InChI=1S/C13H16N4O3S/c1-8-11(12(19)20)21-13(15-8)16-10(18)7-17-4-2-3-9(5-14)6-17/h9H,2-4,6-7H2,1H3,(H,19,20)(H,15,16,18)/t9-/m1/s1. The van der Waals surface area contributed by atoms with Crippen molar-refractivity contribution >= 4 is 28.3 Å². The number of carboxylic acids is 1. The third kappa shape index (κ3) is 4.00. The van der Waals surface area contributed by atoms with Gasteiger partial charge in [0.05, 0.1) is 24.2 Å². The van der Waals surface area contributed by atoms with E-state index >= 15 is 0 Å². The molecule has 7 nitrogen and oxygen atoms in total. The zero-order chi connectivity index (χ0) is 15.4. The molecule has 1 aromatic rings. The SMILES string of the molecule is Cc1nc(NC(=O)CN2CCC[C@H](C#N)C2)sc1C(=O)O. The van der Waals surface area contributed by atoms with E-state index in [1.807, 2.05) is 4.90 Å². The van der Waals surface area contributed by atoms with Gasteiger partial charge in [-0.25, -0.2) is 9.78 Å². The van der Waals surface area contributed by atoms with Gasteiger partial charge >= 0.3 is 5.97 Å². The normalized spacial score (nSPS) is 19.0. The van der Waals surface area contributed by atoms with Crippen LogP contribution in [0.15, 0.2) is 0 Å². The van der Waals surface area contributed by atoms with Gasteiger partial charge in [0, 0.05) is 6.54 Å². The number of aromatic nitrogens is 1. The van der Waals surface area contributed by atoms with E-state index in [1.165, 1.54) is 0 Å². The minimum Gasteiger partial charge on any atom is -0.477 e. The molecule has 0 unspecified atom stereocenters. The second-order valence-corrected chi connectivity index (χ2v) is 5.99. The van der Waals surface area contributed by atoms with Gasteiger partial charge in [0.1, 0.15) is 4.88 Å². The minimum absolute atomic E-state index is 0.0210. The predicted octanol–water partition coefficient (Wildman–Crippen LogP) is 1.32. The van der Waals surface area contributed by atoms with Gasteiger partial charge in [-0.05, 0) is 26.3 Å². The van der Waals surface area contributed by atoms with Gasteiger partial charge in [0.2, 0.25) is 5.91 Å². The van der Waals surface area contributed by atoms with Crippen molar-refractivity contribution in [2.75, 3.05) is 25.0 Å². The summed E-state index contributed by atoms with van der Waals surface area (Å²) in [6.45, 7) is 3.18. The third-order valence-corrected chi connectivity index (χ3v) is 4.35. The van der Waals surface area contributed by atoms with E-state index in [1.54, 1.807) is 6.92 Å². The summed E-state index contributed by atoms with van der Waals surface area (Å²) in [5.74, 6) is -1.30. The summed E-state index contributed by atoms with van der Waals surface area (Å²) < 4.78 is 0. The Morgan fingerprint density at radius 1 is 1.62 bits per heavy atom. The van der Waals surface area contributed by atoms with E-state index in [0.29, 0.717) is 17.4 Å². The van der Waals surface area contributed by atoms with Crippen LogP contribution in [0.2, 0.25) is 0 Å². The Morgan fingerprint density at radius 2 is 2.38 bits per heavy atom. The van der Waals surface area contributed by atoms with Crippen LogP contribution in [0.4, 0.5) is 5.13 Å². The smallest absolute Gasteiger partial charge is 0.347 e. The van der Waals surface area contributed by atoms with Gasteiger partial charge in [-0.1, -0.05) is 11.3 Å². The fraction of sp³-hybridized carbons (Fsp3) is 0.538. The fourth-order valence-electron chi connectivity index (χ4n) is 2.31. The molecule has 0 aromatic carbocycles. The lowest BCUT2D eigenvalue weighted by Gasteiger charge is -2.28. The van der Waals surface area contributed by atoms with Crippen molar-refractivity contribution in [3.63, 3.8) is 0 Å². The second-order valence-electron chi connectivity index (χ2n) is 4.99. The quantitative estimate of drug-likeness (QED) is 0.869. The Hall–Kier alpha value is -1.98. The number of anilines is 1. The Bertz CT molecular complexity index is 593. The van der Waals surface area contributed by atoms with Crippen molar-refractivity contribution in [2.45, 2.75) is 19.8 Å². The van der Waals surface area contributed by atoms with Crippen LogP contribution in [-0.2, 0) is 4.79 Å². The number of nitriles is 1. The molecule has 0 saturated carbocycles. The Balaban J connectivity index is 1.91. The molecule has 0 radical (unpaired) electrons. The van der Waals surface area contributed by atoms with Crippen LogP contribution in [0.25, 0.3) is 0 Å². The molecule has 1 aliphatic heterocycles. The molecule has 2 N–H and O–H groups in total. The molecule has 1 aliphatic rings. The maximum absolute atomic E-state index is 11.9. The van der Waals surface area contributed by atoms with Crippen molar-refractivity contribution in [1.82, 2.24) is 9.88 Å². The maximum Gasteiger partial charge on any atom is 0.347 e. The highest BCUT2D eigenvalue weighted by Crippen LogP contribution is 2.22. The highest BCUT2D eigenvalue weighted by Gasteiger charge is 2.22. The molecule has 21 heavy (non-hydrogen) atoms. The van der Waals surface area contributed by atoms with Gasteiger partial charge in [0.15, 0.2) is 5.13 Å². The molecule has 8 heteroatoms. The first-order valence-electron chi connectivity index (χ1n) is 6.62. The van der Waals surface area contributed by atoms with Crippen LogP contribution in [-0.4, -0.2) is 46.5 Å². The lowest BCUT2D eigenvalue weighted by atomic mass is 10.00. The average molecular weight is 308 g/mol. The molecule has 1 atom stereocenters. The Morgan fingerprint density at radius 3 is 3.00 bits per heavy atom. The first-order valence-corrected chi connectivity index (χ1v) is 7.43. The first-order chi connectivity index (χ1) is 9.99. The van der Waals surface area contributed by atoms with Crippen LogP contribution in [0.1, 0.15) is 28.2 Å². The van der Waals surface area contributed by atoms with Gasteiger partial charge in [0.25, 0.3) is 0 Å². The molecule has 0 bridgehead atoms. The van der Waals surface area contributed by atoms with Crippen molar-refractivity contribution in [1.29, 1.82) is 5.26 Å². The number of carbonyl (C=O) groups excluding carboxylic acids is 1. The third-order valence-electron chi connectivity index (χ3n) is 3.29. The summed E-state index contributed by atoms with van der Waals surface area (Å²) >= 11 is 0.950. The van der Waals surface area contributed by atoms with Gasteiger partial charge < -0.3 is 10.4 Å². The minimum atomic E-state index is -1.04. The number of carbonyl (C=O) groups is 2. The summed E-state index contributed by atoms with van der Waals surface area (Å²) in [7, 11) is 0. The van der Waals surface area contributed by atoms with Crippen LogP contribution in [0, 0.1) is 24.2 Å². The molecular formula is C13H16N4O3S. The van der Waals surface area contributed by atoms with E-state index in [0.717, 1.165) is 30.7 Å². The Kier molecular flexibility index (Phi) is 4.88. The topological polar surface area (TPSA) is 106 Å². The molecule has 0 aliphatic carbocycles. The second kappa shape index (κ2) is 6.65. The van der Waals surface area contributed by atoms with E-state index in [9.17, 15) is 9.59 Å². The number of aryl methyl sites for hydroxylation is 1. The number of piperidine rings is 1. The number of carboxylic acid groups (broad SMARTS) is 1. The lowest BCUT2D eigenvalue weighted by molar-refractivity contribution is -0.117. The van der Waals surface area contributed by atoms with Crippen molar-refractivity contribution < 1.29 is 14.7 Å². The van der Waals surface area contributed by atoms with Crippen LogP contribution >= 0.6 is 11.3 Å². The van der Waals surface area contributed by atoms with E-state index in [2.05, 4.69) is 16.4 Å². The number of hydrogen-bond acceptors (Lipinski definition) is 6. The highest BCUT2D eigenvalue weighted by atomic mass is 32.1. The zero-order valence-electron chi connectivity index (χ0n) is 11.6. The number of hydrogen-bond donors (Lipinski definition) is 2. The number of nitrogens with one attached hydrogen (secondary N) is 1. The summed E-state index contributed by atoms with van der Waals surface area (Å²) in [5, 5.41) is 20.8. The monoisotopic (exact) mass is 308 g/mol. The molecule has 1 aromatic heterocycles. The molecule has 2 heterocycles. The molecule has 0 spiro atoms. The number of likely N-dealkylation sites (tertiary alicyclic amines) is 1. The Labute approximate surface area is 126 Å². The van der Waals surface area contributed by atoms with Crippen LogP contribution in [0.5, 0.6) is 0 Å². The lowest BCUT2D eigenvalue weighted by Crippen LogP contribution is -2.40. The summed E-state index contributed by atoms with van der Waals surface area (Å²) in [5.41, 5.74) is 0.394.